The standard InChI is InChI=1S/C15H23ClN4.HI/c1-2-20-9-3-4-14(20)11-19-15(17)18-10-12-5-7-13(16)8-6-12;/h5-8,14H,2-4,9-11H2,1H3,(H3,17,18,19);1H. The third-order valence-corrected chi connectivity index (χ3v) is 4.02. The van der Waals surface area contributed by atoms with E-state index in [1.165, 1.54) is 19.4 Å². The maximum absolute atomic E-state index is 5.91. The minimum atomic E-state index is 0. The number of nitrogens with zero attached hydrogens (tertiary/aromatic N) is 2. The summed E-state index contributed by atoms with van der Waals surface area (Å²) in [4.78, 5) is 6.84. The molecule has 0 radical (unpaired) electrons. The first-order valence-electron chi connectivity index (χ1n) is 7.21. The van der Waals surface area contributed by atoms with Gasteiger partial charge in [0.1, 0.15) is 0 Å². The molecule has 118 valence electrons. The van der Waals surface area contributed by atoms with Crippen LogP contribution in [0.4, 0.5) is 0 Å². The van der Waals surface area contributed by atoms with Crippen LogP contribution in [0.25, 0.3) is 0 Å². The van der Waals surface area contributed by atoms with Crippen LogP contribution in [0, 0.1) is 0 Å². The van der Waals surface area contributed by atoms with E-state index in [1.54, 1.807) is 0 Å². The first-order chi connectivity index (χ1) is 9.69. The number of guanidine groups is 1. The highest BCUT2D eigenvalue weighted by molar-refractivity contribution is 14.0. The van der Waals surface area contributed by atoms with Gasteiger partial charge in [0.05, 0.1) is 6.54 Å². The van der Waals surface area contributed by atoms with E-state index in [0.717, 1.165) is 23.7 Å². The fourth-order valence-electron chi connectivity index (χ4n) is 2.59. The molecule has 1 heterocycles. The molecule has 3 N–H and O–H groups in total. The zero-order valence-corrected chi connectivity index (χ0v) is 15.5. The summed E-state index contributed by atoms with van der Waals surface area (Å²) in [6.45, 7) is 5.97. The van der Waals surface area contributed by atoms with Crippen LogP contribution in [0.5, 0.6) is 0 Å². The number of hydrogen-bond donors (Lipinski definition) is 2. The summed E-state index contributed by atoms with van der Waals surface area (Å²) in [5.74, 6) is 0.517. The lowest BCUT2D eigenvalue weighted by molar-refractivity contribution is 0.267. The summed E-state index contributed by atoms with van der Waals surface area (Å²) in [7, 11) is 0. The molecule has 1 atom stereocenters. The van der Waals surface area contributed by atoms with Gasteiger partial charge in [-0.1, -0.05) is 30.7 Å². The lowest BCUT2D eigenvalue weighted by Gasteiger charge is -2.23. The van der Waals surface area contributed by atoms with E-state index < -0.39 is 0 Å². The van der Waals surface area contributed by atoms with Gasteiger partial charge in [-0.15, -0.1) is 24.0 Å². The van der Waals surface area contributed by atoms with E-state index in [1.807, 2.05) is 24.3 Å². The molecule has 1 unspecified atom stereocenters. The molecule has 0 spiro atoms. The molecule has 4 nitrogen and oxygen atoms in total. The van der Waals surface area contributed by atoms with Crippen LogP contribution in [0.1, 0.15) is 25.3 Å². The van der Waals surface area contributed by atoms with Crippen LogP contribution in [0.15, 0.2) is 29.3 Å². The number of likely N-dealkylation sites (tertiary alicyclic amines) is 1. The maximum Gasteiger partial charge on any atom is 0.188 e. The number of likely N-dealkylation sites (N-methyl/N-ethyl adjacent to an activating group) is 1. The Labute approximate surface area is 149 Å². The highest BCUT2D eigenvalue weighted by Gasteiger charge is 2.22. The zero-order chi connectivity index (χ0) is 14.4. The Kier molecular flexibility index (Phi) is 8.36. The Bertz CT molecular complexity index is 449. The Morgan fingerprint density at radius 2 is 2.14 bits per heavy atom. The fraction of sp³-hybridized carbons (Fsp3) is 0.533. The van der Waals surface area contributed by atoms with Crippen molar-refractivity contribution in [1.82, 2.24) is 10.2 Å². The van der Waals surface area contributed by atoms with Gasteiger partial charge in [-0.05, 0) is 43.6 Å². The number of nitrogens with one attached hydrogen (secondary N) is 1. The molecule has 1 fully saturated rings. The van der Waals surface area contributed by atoms with Crippen molar-refractivity contribution in [1.29, 1.82) is 0 Å². The third kappa shape index (κ3) is 6.00. The fourth-order valence-corrected chi connectivity index (χ4v) is 2.71. The second-order valence-corrected chi connectivity index (χ2v) is 5.57. The van der Waals surface area contributed by atoms with Crippen LogP contribution >= 0.6 is 35.6 Å². The summed E-state index contributed by atoms with van der Waals surface area (Å²) in [5.41, 5.74) is 7.02. The first-order valence-corrected chi connectivity index (χ1v) is 7.59. The van der Waals surface area contributed by atoms with E-state index in [9.17, 15) is 0 Å². The van der Waals surface area contributed by atoms with E-state index in [4.69, 9.17) is 17.3 Å². The van der Waals surface area contributed by atoms with Crippen LogP contribution < -0.4 is 11.1 Å². The van der Waals surface area contributed by atoms with Crippen LogP contribution in [-0.4, -0.2) is 36.5 Å². The monoisotopic (exact) mass is 422 g/mol. The molecule has 1 aromatic rings. The van der Waals surface area contributed by atoms with Gasteiger partial charge >= 0.3 is 0 Å². The largest absolute Gasteiger partial charge is 0.370 e. The van der Waals surface area contributed by atoms with Crippen molar-refractivity contribution >= 4 is 41.5 Å². The number of benzene rings is 1. The Hall–Kier alpha value is -0.530. The molecule has 1 aromatic carbocycles. The number of aliphatic imine (C=N–C) groups is 1. The lowest BCUT2D eigenvalue weighted by Crippen LogP contribution is -2.42. The molecular formula is C15H24ClIN4. The van der Waals surface area contributed by atoms with Gasteiger partial charge in [-0.3, -0.25) is 4.90 Å². The number of halogens is 2. The molecule has 1 aliphatic rings. The van der Waals surface area contributed by atoms with Gasteiger partial charge in [0.2, 0.25) is 0 Å². The number of rotatable bonds is 5. The first kappa shape index (κ1) is 18.5. The van der Waals surface area contributed by atoms with Crippen molar-refractivity contribution in [3.63, 3.8) is 0 Å². The van der Waals surface area contributed by atoms with Crippen molar-refractivity contribution in [2.45, 2.75) is 32.4 Å². The predicted molar refractivity (Wildman–Crippen MR) is 100 cm³/mol. The van der Waals surface area contributed by atoms with Gasteiger partial charge < -0.3 is 11.1 Å². The Balaban J connectivity index is 0.00000220. The molecule has 1 aliphatic heterocycles. The zero-order valence-electron chi connectivity index (χ0n) is 12.4. The molecule has 1 saturated heterocycles. The maximum atomic E-state index is 5.91. The van der Waals surface area contributed by atoms with E-state index in [-0.39, 0.29) is 24.0 Å². The van der Waals surface area contributed by atoms with Crippen molar-refractivity contribution in [3.8, 4) is 0 Å². The molecule has 21 heavy (non-hydrogen) atoms. The van der Waals surface area contributed by atoms with Gasteiger partial charge in [0.15, 0.2) is 5.96 Å². The van der Waals surface area contributed by atoms with Crippen LogP contribution in [-0.2, 0) is 6.54 Å². The lowest BCUT2D eigenvalue weighted by atomic mass is 10.2. The second-order valence-electron chi connectivity index (χ2n) is 5.13. The summed E-state index contributed by atoms with van der Waals surface area (Å²) in [5, 5.41) is 3.97. The van der Waals surface area contributed by atoms with Crippen molar-refractivity contribution in [3.05, 3.63) is 34.9 Å². The number of nitrogens with two attached hydrogens (primary N) is 1. The van der Waals surface area contributed by atoms with E-state index in [2.05, 4.69) is 22.1 Å². The molecule has 0 bridgehead atoms. The normalized spacial score (nSPS) is 19.3. The molecule has 0 amide bonds. The number of hydrogen-bond acceptors (Lipinski definition) is 2. The van der Waals surface area contributed by atoms with Gasteiger partial charge in [-0.25, -0.2) is 4.99 Å². The molecule has 2 rings (SSSR count). The molecule has 0 saturated carbocycles. The summed E-state index contributed by atoms with van der Waals surface area (Å²) >= 11 is 5.85. The highest BCUT2D eigenvalue weighted by atomic mass is 127. The summed E-state index contributed by atoms with van der Waals surface area (Å²) < 4.78 is 0. The molecule has 0 aromatic heterocycles. The van der Waals surface area contributed by atoms with Gasteiger partial charge in [0.25, 0.3) is 0 Å². The minimum Gasteiger partial charge on any atom is -0.370 e. The summed E-state index contributed by atoms with van der Waals surface area (Å²) in [6.07, 6.45) is 2.52. The summed E-state index contributed by atoms with van der Waals surface area (Å²) in [6, 6.07) is 8.26. The average Bonchev–Trinajstić information content (AvgIpc) is 2.92. The quantitative estimate of drug-likeness (QED) is 0.436. The molecule has 0 aliphatic carbocycles. The van der Waals surface area contributed by atoms with Crippen LogP contribution in [0.2, 0.25) is 5.02 Å². The average molecular weight is 423 g/mol. The predicted octanol–water partition coefficient (Wildman–Crippen LogP) is 2.85. The van der Waals surface area contributed by atoms with Crippen molar-refractivity contribution in [2.75, 3.05) is 19.6 Å². The minimum absolute atomic E-state index is 0. The van der Waals surface area contributed by atoms with Crippen LogP contribution in [0.3, 0.4) is 0 Å². The third-order valence-electron chi connectivity index (χ3n) is 3.77. The second kappa shape index (κ2) is 9.48. The smallest absolute Gasteiger partial charge is 0.188 e. The Morgan fingerprint density at radius 1 is 1.43 bits per heavy atom. The van der Waals surface area contributed by atoms with Crippen molar-refractivity contribution in [2.24, 2.45) is 10.7 Å². The van der Waals surface area contributed by atoms with Gasteiger partial charge in [0, 0.05) is 17.6 Å². The van der Waals surface area contributed by atoms with E-state index >= 15 is 0 Å². The molecular weight excluding hydrogens is 399 g/mol. The highest BCUT2D eigenvalue weighted by Crippen LogP contribution is 2.15. The molecule has 6 heteroatoms. The van der Waals surface area contributed by atoms with Gasteiger partial charge in [-0.2, -0.15) is 0 Å². The van der Waals surface area contributed by atoms with Crippen molar-refractivity contribution < 1.29 is 0 Å². The SMILES string of the molecule is CCN1CCCC1CNC(N)=NCc1ccc(Cl)cc1.I. The Morgan fingerprint density at radius 3 is 2.81 bits per heavy atom. The topological polar surface area (TPSA) is 53.6 Å². The van der Waals surface area contributed by atoms with E-state index in [0.29, 0.717) is 18.5 Å².